The Kier molecular flexibility index (Phi) is 3.67. The molecule has 0 unspecified atom stereocenters. The van der Waals surface area contributed by atoms with Crippen LogP contribution >= 0.6 is 11.6 Å². The van der Waals surface area contributed by atoms with Gasteiger partial charge < -0.3 is 9.47 Å². The van der Waals surface area contributed by atoms with Gasteiger partial charge in [0, 0.05) is 17.6 Å². The van der Waals surface area contributed by atoms with E-state index in [1.807, 2.05) is 0 Å². The molecule has 0 spiro atoms. The van der Waals surface area contributed by atoms with Crippen LogP contribution in [0.5, 0.6) is 5.75 Å². The van der Waals surface area contributed by atoms with Crippen molar-refractivity contribution in [1.29, 1.82) is 0 Å². The Balaban J connectivity index is 2.49. The molecule has 0 amide bonds. The van der Waals surface area contributed by atoms with Crippen molar-refractivity contribution in [3.63, 3.8) is 0 Å². The summed E-state index contributed by atoms with van der Waals surface area (Å²) in [5.41, 5.74) is 1.12. The third-order valence-corrected chi connectivity index (χ3v) is 2.76. The number of aromatic nitrogens is 1. The lowest BCUT2D eigenvalue weighted by atomic mass is 10.1. The highest BCUT2D eigenvalue weighted by Crippen LogP contribution is 2.29. The van der Waals surface area contributed by atoms with Crippen molar-refractivity contribution in [2.45, 2.75) is 6.92 Å². The number of methoxy groups -OCH3 is 1. The molecule has 1 aromatic carbocycles. The van der Waals surface area contributed by atoms with Gasteiger partial charge in [0.1, 0.15) is 5.75 Å². The van der Waals surface area contributed by atoms with Gasteiger partial charge in [-0.15, -0.1) is 0 Å². The van der Waals surface area contributed by atoms with Crippen molar-refractivity contribution in [2.75, 3.05) is 13.7 Å². The lowest BCUT2D eigenvalue weighted by Crippen LogP contribution is -2.05. The van der Waals surface area contributed by atoms with Crippen molar-refractivity contribution in [2.24, 2.45) is 0 Å². The first-order valence-corrected chi connectivity index (χ1v) is 5.84. The maximum Gasteiger partial charge on any atom is 0.339 e. The van der Waals surface area contributed by atoms with E-state index in [1.165, 1.54) is 6.20 Å². The molecule has 0 aliphatic carbocycles. The van der Waals surface area contributed by atoms with E-state index in [4.69, 9.17) is 21.1 Å². The summed E-state index contributed by atoms with van der Waals surface area (Å²) in [6, 6.07) is 5.14. The number of carbonyl (C=O) groups excluding carboxylic acids is 1. The second kappa shape index (κ2) is 5.23. The topological polar surface area (TPSA) is 48.4 Å². The number of nitrogens with zero attached hydrogens (tertiary/aromatic N) is 1. The van der Waals surface area contributed by atoms with E-state index < -0.39 is 0 Å². The maximum absolute atomic E-state index is 11.6. The number of fused-ring (bicyclic) bond motifs is 1. The Morgan fingerprint density at radius 1 is 1.39 bits per heavy atom. The summed E-state index contributed by atoms with van der Waals surface area (Å²) in [4.78, 5) is 15.8. The van der Waals surface area contributed by atoms with E-state index in [0.29, 0.717) is 28.5 Å². The maximum atomic E-state index is 11.6. The van der Waals surface area contributed by atoms with Gasteiger partial charge in [0.05, 0.1) is 29.8 Å². The number of esters is 1. The van der Waals surface area contributed by atoms with Crippen LogP contribution < -0.4 is 4.74 Å². The van der Waals surface area contributed by atoms with Crippen molar-refractivity contribution >= 4 is 28.5 Å². The number of carbonyl (C=O) groups is 1. The summed E-state index contributed by atoms with van der Waals surface area (Å²) in [7, 11) is 1.54. The quantitative estimate of drug-likeness (QED) is 0.800. The van der Waals surface area contributed by atoms with Crippen LogP contribution in [0.3, 0.4) is 0 Å². The number of hydrogen-bond acceptors (Lipinski definition) is 4. The minimum atomic E-state index is -0.390. The van der Waals surface area contributed by atoms with Crippen molar-refractivity contribution in [3.8, 4) is 5.75 Å². The number of ether oxygens (including phenoxy) is 2. The summed E-state index contributed by atoms with van der Waals surface area (Å²) < 4.78 is 10.0. The summed E-state index contributed by atoms with van der Waals surface area (Å²) in [5.74, 6) is 0.166. The zero-order valence-corrected chi connectivity index (χ0v) is 10.8. The van der Waals surface area contributed by atoms with Gasteiger partial charge in [-0.25, -0.2) is 4.79 Å². The monoisotopic (exact) mass is 265 g/mol. The summed E-state index contributed by atoms with van der Waals surface area (Å²) in [5, 5.41) is 1.25. The first-order chi connectivity index (χ1) is 8.65. The van der Waals surface area contributed by atoms with Crippen LogP contribution in [0.4, 0.5) is 0 Å². The predicted octanol–water partition coefficient (Wildman–Crippen LogP) is 3.07. The minimum Gasteiger partial charge on any atom is -0.495 e. The van der Waals surface area contributed by atoms with Crippen LogP contribution in [0.25, 0.3) is 10.9 Å². The number of pyridine rings is 1. The highest BCUT2D eigenvalue weighted by Gasteiger charge is 2.10. The molecule has 0 aliphatic heterocycles. The second-order valence-electron chi connectivity index (χ2n) is 3.62. The van der Waals surface area contributed by atoms with Gasteiger partial charge in [0.2, 0.25) is 0 Å². The third kappa shape index (κ3) is 2.38. The average molecular weight is 266 g/mol. The number of rotatable bonds is 3. The molecule has 0 saturated heterocycles. The standard InChI is InChI=1S/C13H12ClNO3/c1-3-18-13(16)9-4-8-5-10(14)12(17-2)6-11(8)15-7-9/h4-7H,3H2,1-2H3. The zero-order valence-electron chi connectivity index (χ0n) is 10.1. The smallest absolute Gasteiger partial charge is 0.339 e. The van der Waals surface area contributed by atoms with Crippen LogP contribution in [-0.2, 0) is 4.74 Å². The number of halogens is 1. The molecule has 2 aromatic rings. The largest absolute Gasteiger partial charge is 0.495 e. The molecular formula is C13H12ClNO3. The van der Waals surface area contributed by atoms with Crippen LogP contribution in [0.2, 0.25) is 5.02 Å². The van der Waals surface area contributed by atoms with E-state index in [0.717, 1.165) is 5.39 Å². The molecule has 1 heterocycles. The summed E-state index contributed by atoms with van der Waals surface area (Å²) >= 11 is 6.03. The van der Waals surface area contributed by atoms with Crippen LogP contribution in [0, 0.1) is 0 Å². The minimum absolute atomic E-state index is 0.334. The SMILES string of the molecule is CCOC(=O)c1cnc2cc(OC)c(Cl)cc2c1. The fourth-order valence-electron chi connectivity index (χ4n) is 1.61. The van der Waals surface area contributed by atoms with E-state index in [1.54, 1.807) is 32.2 Å². The van der Waals surface area contributed by atoms with Crippen LogP contribution in [-0.4, -0.2) is 24.7 Å². The Bertz CT molecular complexity index is 598. The van der Waals surface area contributed by atoms with Crippen molar-refractivity contribution in [1.82, 2.24) is 4.98 Å². The molecule has 0 N–H and O–H groups in total. The highest BCUT2D eigenvalue weighted by molar-refractivity contribution is 6.32. The predicted molar refractivity (Wildman–Crippen MR) is 69.3 cm³/mol. The molecule has 0 bridgehead atoms. The van der Waals surface area contributed by atoms with Gasteiger partial charge >= 0.3 is 5.97 Å². The van der Waals surface area contributed by atoms with Crippen LogP contribution in [0.15, 0.2) is 24.4 Å². The molecule has 0 aliphatic rings. The first-order valence-electron chi connectivity index (χ1n) is 5.46. The third-order valence-electron chi connectivity index (χ3n) is 2.47. The van der Waals surface area contributed by atoms with Gasteiger partial charge in [-0.3, -0.25) is 4.98 Å². The highest BCUT2D eigenvalue weighted by atomic mass is 35.5. The number of hydrogen-bond donors (Lipinski definition) is 0. The van der Waals surface area contributed by atoms with E-state index >= 15 is 0 Å². The molecule has 0 radical (unpaired) electrons. The summed E-state index contributed by atoms with van der Waals surface area (Å²) in [6.07, 6.45) is 1.48. The molecule has 0 atom stereocenters. The van der Waals surface area contributed by atoms with Gasteiger partial charge in [-0.05, 0) is 19.1 Å². The Hall–Kier alpha value is -1.81. The Morgan fingerprint density at radius 3 is 2.83 bits per heavy atom. The summed E-state index contributed by atoms with van der Waals surface area (Å²) in [6.45, 7) is 2.09. The molecule has 18 heavy (non-hydrogen) atoms. The molecule has 2 rings (SSSR count). The van der Waals surface area contributed by atoms with Gasteiger partial charge in [-0.2, -0.15) is 0 Å². The van der Waals surface area contributed by atoms with Gasteiger partial charge in [-0.1, -0.05) is 11.6 Å². The lowest BCUT2D eigenvalue weighted by Gasteiger charge is -2.06. The second-order valence-corrected chi connectivity index (χ2v) is 4.03. The average Bonchev–Trinajstić information content (AvgIpc) is 2.37. The van der Waals surface area contributed by atoms with Crippen molar-refractivity contribution < 1.29 is 14.3 Å². The first kappa shape index (κ1) is 12.6. The van der Waals surface area contributed by atoms with E-state index in [9.17, 15) is 4.79 Å². The Morgan fingerprint density at radius 2 is 2.17 bits per heavy atom. The van der Waals surface area contributed by atoms with E-state index in [-0.39, 0.29) is 5.97 Å². The molecule has 1 aromatic heterocycles. The fraction of sp³-hybridized carbons (Fsp3) is 0.231. The molecular weight excluding hydrogens is 254 g/mol. The molecule has 0 saturated carbocycles. The molecule has 5 heteroatoms. The van der Waals surface area contributed by atoms with Gasteiger partial charge in [0.25, 0.3) is 0 Å². The lowest BCUT2D eigenvalue weighted by molar-refractivity contribution is 0.0526. The molecule has 4 nitrogen and oxygen atoms in total. The molecule has 0 fully saturated rings. The fourth-order valence-corrected chi connectivity index (χ4v) is 1.86. The van der Waals surface area contributed by atoms with Crippen LogP contribution in [0.1, 0.15) is 17.3 Å². The molecule has 94 valence electrons. The normalized spacial score (nSPS) is 10.4. The van der Waals surface area contributed by atoms with E-state index in [2.05, 4.69) is 4.98 Å². The number of benzene rings is 1. The van der Waals surface area contributed by atoms with Crippen molar-refractivity contribution in [3.05, 3.63) is 35.0 Å². The van der Waals surface area contributed by atoms with Gasteiger partial charge in [0.15, 0.2) is 0 Å². The zero-order chi connectivity index (χ0) is 13.1. The Labute approximate surface area is 109 Å².